The van der Waals surface area contributed by atoms with Crippen molar-refractivity contribution in [1.29, 1.82) is 0 Å². The summed E-state index contributed by atoms with van der Waals surface area (Å²) in [6.07, 6.45) is 2.59. The van der Waals surface area contributed by atoms with Gasteiger partial charge in [-0.15, -0.1) is 0 Å². The average Bonchev–Trinajstić information content (AvgIpc) is 1.66. The van der Waals surface area contributed by atoms with Gasteiger partial charge in [0.15, 0.2) is 0 Å². The molecule has 8 heavy (non-hydrogen) atoms. The van der Waals surface area contributed by atoms with E-state index < -0.39 is 0 Å². The number of ether oxygens (including phenoxy) is 1. The monoisotopic (exact) mass is 226 g/mol. The molecule has 0 radical (unpaired) electrons. The molecule has 0 aromatic rings. The molecule has 0 spiro atoms. The standard InChI is InChI=1S/C6H11IO/c1-3-8-5-4-6(2)7/h3,6H,1,4-5H2,2H3. The SMILES string of the molecule is C=COCCC(C)I. The first-order valence-electron chi connectivity index (χ1n) is 2.64. The summed E-state index contributed by atoms with van der Waals surface area (Å²) in [5.74, 6) is 0. The first kappa shape index (κ1) is 8.27. The quantitative estimate of drug-likeness (QED) is 0.309. The largest absolute Gasteiger partial charge is 0.502 e. The molecule has 0 aliphatic heterocycles. The highest BCUT2D eigenvalue weighted by atomic mass is 127. The zero-order valence-electron chi connectivity index (χ0n) is 5.06. The zero-order valence-corrected chi connectivity index (χ0v) is 7.22. The third-order valence-corrected chi connectivity index (χ3v) is 1.37. The van der Waals surface area contributed by atoms with Crippen molar-refractivity contribution in [3.8, 4) is 0 Å². The molecule has 0 aromatic carbocycles. The minimum atomic E-state index is 0.701. The van der Waals surface area contributed by atoms with E-state index in [-0.39, 0.29) is 0 Å². The minimum absolute atomic E-state index is 0.701. The summed E-state index contributed by atoms with van der Waals surface area (Å²) in [6, 6.07) is 0. The van der Waals surface area contributed by atoms with Gasteiger partial charge in [0.2, 0.25) is 0 Å². The Morgan fingerprint density at radius 1 is 1.88 bits per heavy atom. The molecule has 0 aromatic heterocycles. The van der Waals surface area contributed by atoms with E-state index in [1.54, 1.807) is 0 Å². The molecular formula is C6H11IO. The molecule has 0 N–H and O–H groups in total. The van der Waals surface area contributed by atoms with Crippen LogP contribution in [0.2, 0.25) is 0 Å². The van der Waals surface area contributed by atoms with E-state index in [0.29, 0.717) is 3.92 Å². The second-order valence-corrected chi connectivity index (χ2v) is 3.73. The van der Waals surface area contributed by atoms with Gasteiger partial charge in [-0.05, 0) is 6.42 Å². The van der Waals surface area contributed by atoms with Gasteiger partial charge in [0.25, 0.3) is 0 Å². The maximum absolute atomic E-state index is 4.90. The molecule has 1 nitrogen and oxygen atoms in total. The summed E-state index contributed by atoms with van der Waals surface area (Å²) in [4.78, 5) is 0. The highest BCUT2D eigenvalue weighted by molar-refractivity contribution is 14.1. The van der Waals surface area contributed by atoms with Crippen molar-refractivity contribution in [2.45, 2.75) is 17.3 Å². The normalized spacial score (nSPS) is 12.8. The predicted octanol–water partition coefficient (Wildman–Crippen LogP) is 2.36. The molecule has 1 atom stereocenters. The van der Waals surface area contributed by atoms with Gasteiger partial charge < -0.3 is 4.74 Å². The molecule has 0 saturated carbocycles. The van der Waals surface area contributed by atoms with E-state index in [4.69, 9.17) is 4.74 Å². The van der Waals surface area contributed by atoms with Crippen molar-refractivity contribution in [3.05, 3.63) is 12.8 Å². The van der Waals surface area contributed by atoms with Crippen molar-refractivity contribution in [2.75, 3.05) is 6.61 Å². The summed E-state index contributed by atoms with van der Waals surface area (Å²) in [5, 5.41) is 0. The fourth-order valence-electron chi connectivity index (χ4n) is 0.314. The summed E-state index contributed by atoms with van der Waals surface area (Å²) in [7, 11) is 0. The highest BCUT2D eigenvalue weighted by Gasteiger charge is 1.91. The fourth-order valence-corrected chi connectivity index (χ4v) is 0.568. The van der Waals surface area contributed by atoms with E-state index in [1.807, 2.05) is 0 Å². The van der Waals surface area contributed by atoms with Crippen LogP contribution in [-0.4, -0.2) is 10.5 Å². The summed E-state index contributed by atoms with van der Waals surface area (Å²) < 4.78 is 5.60. The summed E-state index contributed by atoms with van der Waals surface area (Å²) in [6.45, 7) is 6.39. The molecule has 0 amide bonds. The predicted molar refractivity (Wildman–Crippen MR) is 44.2 cm³/mol. The Morgan fingerprint density at radius 2 is 2.50 bits per heavy atom. The van der Waals surface area contributed by atoms with Crippen LogP contribution in [0.5, 0.6) is 0 Å². The van der Waals surface area contributed by atoms with Crippen molar-refractivity contribution >= 4 is 22.6 Å². The lowest BCUT2D eigenvalue weighted by Gasteiger charge is -2.00. The molecule has 0 saturated heterocycles. The average molecular weight is 226 g/mol. The highest BCUT2D eigenvalue weighted by Crippen LogP contribution is 2.02. The van der Waals surface area contributed by atoms with Crippen LogP contribution < -0.4 is 0 Å². The molecule has 2 heteroatoms. The van der Waals surface area contributed by atoms with Crippen LogP contribution in [0.3, 0.4) is 0 Å². The van der Waals surface area contributed by atoms with Gasteiger partial charge in [0, 0.05) is 3.92 Å². The number of hydrogen-bond acceptors (Lipinski definition) is 1. The molecule has 0 aliphatic rings. The third kappa shape index (κ3) is 6.27. The first-order valence-corrected chi connectivity index (χ1v) is 3.88. The minimum Gasteiger partial charge on any atom is -0.502 e. The van der Waals surface area contributed by atoms with Crippen LogP contribution >= 0.6 is 22.6 Å². The maximum atomic E-state index is 4.90. The summed E-state index contributed by atoms with van der Waals surface area (Å²) in [5.41, 5.74) is 0. The van der Waals surface area contributed by atoms with Gasteiger partial charge in [0.05, 0.1) is 12.9 Å². The first-order chi connectivity index (χ1) is 3.77. The van der Waals surface area contributed by atoms with Crippen LogP contribution in [-0.2, 0) is 4.74 Å². The van der Waals surface area contributed by atoms with Gasteiger partial charge in [-0.3, -0.25) is 0 Å². The second kappa shape index (κ2) is 5.41. The maximum Gasteiger partial charge on any atom is 0.0882 e. The molecule has 48 valence electrons. The number of rotatable bonds is 4. The Balaban J connectivity index is 2.81. The lowest BCUT2D eigenvalue weighted by atomic mass is 10.4. The van der Waals surface area contributed by atoms with Crippen molar-refractivity contribution in [1.82, 2.24) is 0 Å². The fraction of sp³-hybridized carbons (Fsp3) is 0.667. The number of halogens is 1. The topological polar surface area (TPSA) is 9.23 Å². The van der Waals surface area contributed by atoms with Crippen molar-refractivity contribution in [3.63, 3.8) is 0 Å². The van der Waals surface area contributed by atoms with E-state index in [0.717, 1.165) is 13.0 Å². The Bertz CT molecular complexity index is 61.5. The van der Waals surface area contributed by atoms with Gasteiger partial charge in [-0.2, -0.15) is 0 Å². The molecule has 1 unspecified atom stereocenters. The van der Waals surface area contributed by atoms with Crippen LogP contribution in [0.15, 0.2) is 12.8 Å². The lowest BCUT2D eigenvalue weighted by molar-refractivity contribution is 0.247. The molecule has 0 rings (SSSR count). The van der Waals surface area contributed by atoms with Gasteiger partial charge in [0.1, 0.15) is 0 Å². The second-order valence-electron chi connectivity index (χ2n) is 1.61. The third-order valence-electron chi connectivity index (χ3n) is 0.751. The molecular weight excluding hydrogens is 215 g/mol. The Morgan fingerprint density at radius 3 is 2.88 bits per heavy atom. The Kier molecular flexibility index (Phi) is 5.59. The van der Waals surface area contributed by atoms with Crippen LogP contribution in [0.1, 0.15) is 13.3 Å². The van der Waals surface area contributed by atoms with Crippen LogP contribution in [0.4, 0.5) is 0 Å². The number of hydrogen-bond donors (Lipinski definition) is 0. The molecule has 0 heterocycles. The summed E-state index contributed by atoms with van der Waals surface area (Å²) >= 11 is 2.37. The van der Waals surface area contributed by atoms with Crippen molar-refractivity contribution in [2.24, 2.45) is 0 Å². The van der Waals surface area contributed by atoms with Crippen LogP contribution in [0.25, 0.3) is 0 Å². The van der Waals surface area contributed by atoms with Crippen molar-refractivity contribution < 1.29 is 4.74 Å². The molecule has 0 bridgehead atoms. The lowest BCUT2D eigenvalue weighted by Crippen LogP contribution is -1.95. The van der Waals surface area contributed by atoms with E-state index >= 15 is 0 Å². The Hall–Kier alpha value is 0.270. The zero-order chi connectivity index (χ0) is 6.41. The van der Waals surface area contributed by atoms with E-state index in [2.05, 4.69) is 36.1 Å². The van der Waals surface area contributed by atoms with Gasteiger partial charge in [-0.25, -0.2) is 0 Å². The molecule has 0 fully saturated rings. The molecule has 0 aliphatic carbocycles. The van der Waals surface area contributed by atoms with E-state index in [9.17, 15) is 0 Å². The smallest absolute Gasteiger partial charge is 0.0882 e. The number of alkyl halides is 1. The van der Waals surface area contributed by atoms with Gasteiger partial charge in [-0.1, -0.05) is 36.1 Å². The van der Waals surface area contributed by atoms with E-state index in [1.165, 1.54) is 6.26 Å². The van der Waals surface area contributed by atoms with Crippen LogP contribution in [0, 0.1) is 0 Å². The van der Waals surface area contributed by atoms with Gasteiger partial charge >= 0.3 is 0 Å². The Labute approximate surface area is 64.2 Å².